The number of carboxylic acid groups (broad SMARTS) is 1. The maximum absolute atomic E-state index is 12.3. The van der Waals surface area contributed by atoms with Gasteiger partial charge in [0.25, 0.3) is 11.8 Å². The molecule has 1 aromatic carbocycles. The van der Waals surface area contributed by atoms with Crippen molar-refractivity contribution in [2.75, 3.05) is 32.0 Å². The maximum atomic E-state index is 12.3. The van der Waals surface area contributed by atoms with Crippen LogP contribution in [-0.2, 0) is 14.4 Å². The second kappa shape index (κ2) is 12.0. The van der Waals surface area contributed by atoms with Crippen molar-refractivity contribution in [2.45, 2.75) is 38.3 Å². The third kappa shape index (κ3) is 5.69. The molecule has 0 bridgehead atoms. The Morgan fingerprint density at radius 3 is 2.25 bits per heavy atom. The fourth-order valence-electron chi connectivity index (χ4n) is 3.49. The molecule has 32 heavy (non-hydrogen) atoms. The quantitative estimate of drug-likeness (QED) is 0.415. The van der Waals surface area contributed by atoms with Crippen LogP contribution in [0.1, 0.15) is 32.4 Å². The lowest BCUT2D eigenvalue weighted by Crippen LogP contribution is -2.71. The molecule has 2 heterocycles. The summed E-state index contributed by atoms with van der Waals surface area (Å²) in [5.41, 5.74) is 0.426. The van der Waals surface area contributed by atoms with Gasteiger partial charge in [0, 0.05) is 5.75 Å². The molecule has 176 valence electrons. The lowest BCUT2D eigenvalue weighted by Gasteiger charge is -2.49. The van der Waals surface area contributed by atoms with Gasteiger partial charge in [0.15, 0.2) is 6.10 Å². The molecule has 3 rings (SSSR count). The van der Waals surface area contributed by atoms with Gasteiger partial charge in [-0.2, -0.15) is 0 Å². The Morgan fingerprint density at radius 2 is 1.78 bits per heavy atom. The van der Waals surface area contributed by atoms with Crippen LogP contribution in [0.3, 0.4) is 0 Å². The minimum atomic E-state index is -1.42. The predicted octanol–water partition coefficient (Wildman–Crippen LogP) is 0.799. The van der Waals surface area contributed by atoms with E-state index in [1.54, 1.807) is 30.3 Å². The number of carbonyl (C=O) groups excluding carboxylic acids is 2. The first kappa shape index (κ1) is 25.9. The fraction of sp³-hybridized carbons (Fsp3) is 0.500. The minimum Gasteiger partial charge on any atom is -0.477 e. The van der Waals surface area contributed by atoms with Crippen LogP contribution in [-0.4, -0.2) is 86.3 Å². The first-order chi connectivity index (χ1) is 15.3. The first-order valence-electron chi connectivity index (χ1n) is 10.6. The Labute approximate surface area is 192 Å². The molecule has 1 fully saturated rings. The van der Waals surface area contributed by atoms with Crippen molar-refractivity contribution < 1.29 is 29.7 Å². The van der Waals surface area contributed by atoms with Gasteiger partial charge in [-0.15, -0.1) is 11.8 Å². The summed E-state index contributed by atoms with van der Waals surface area (Å²) < 4.78 is 0. The highest BCUT2D eigenvalue weighted by Gasteiger charge is 2.54. The number of amides is 2. The monoisotopic (exact) mass is 465 g/mol. The van der Waals surface area contributed by atoms with Crippen LogP contribution in [0.25, 0.3) is 0 Å². The normalized spacial score (nSPS) is 20.7. The Balaban J connectivity index is 0.000000451. The van der Waals surface area contributed by atoms with Gasteiger partial charge in [-0.05, 0) is 30.8 Å². The molecule has 0 aliphatic carbocycles. The Kier molecular flexibility index (Phi) is 9.70. The number of aliphatic hydroxyl groups is 2. The second-order valence-corrected chi connectivity index (χ2v) is 8.35. The number of thioether (sulfide) groups is 1. The summed E-state index contributed by atoms with van der Waals surface area (Å²) in [6.45, 7) is 9.68. The van der Waals surface area contributed by atoms with E-state index in [0.29, 0.717) is 5.56 Å². The number of rotatable bonds is 8. The van der Waals surface area contributed by atoms with Crippen LogP contribution in [0.4, 0.5) is 0 Å². The smallest absolute Gasteiger partial charge is 0.352 e. The van der Waals surface area contributed by atoms with Crippen molar-refractivity contribution in [1.82, 2.24) is 15.1 Å². The molecule has 0 aromatic heterocycles. The number of nitrogens with zero attached hydrogens (tertiary/aromatic N) is 2. The molecular weight excluding hydrogens is 434 g/mol. The van der Waals surface area contributed by atoms with Gasteiger partial charge < -0.3 is 25.5 Å². The first-order valence-corrected chi connectivity index (χ1v) is 11.6. The maximum Gasteiger partial charge on any atom is 0.352 e. The van der Waals surface area contributed by atoms with Gasteiger partial charge in [-0.3, -0.25) is 14.5 Å². The molecule has 9 nitrogen and oxygen atoms in total. The average molecular weight is 466 g/mol. The van der Waals surface area contributed by atoms with E-state index in [4.69, 9.17) is 0 Å². The van der Waals surface area contributed by atoms with Crippen molar-refractivity contribution in [3.05, 3.63) is 47.2 Å². The minimum absolute atomic E-state index is 0.231. The highest BCUT2D eigenvalue weighted by molar-refractivity contribution is 8.00. The zero-order valence-corrected chi connectivity index (χ0v) is 19.3. The second-order valence-electron chi connectivity index (χ2n) is 7.24. The van der Waals surface area contributed by atoms with Gasteiger partial charge in [-0.25, -0.2) is 4.79 Å². The summed E-state index contributed by atoms with van der Waals surface area (Å²) in [7, 11) is 0. The number of benzene rings is 1. The van der Waals surface area contributed by atoms with Gasteiger partial charge in [0.1, 0.15) is 17.1 Å². The number of carboxylic acids is 1. The molecule has 3 atom stereocenters. The van der Waals surface area contributed by atoms with Crippen LogP contribution < -0.4 is 5.32 Å². The van der Waals surface area contributed by atoms with Crippen LogP contribution in [0.5, 0.6) is 0 Å². The third-order valence-corrected chi connectivity index (χ3v) is 6.78. The van der Waals surface area contributed by atoms with Crippen LogP contribution in [0, 0.1) is 0 Å². The Hall–Kier alpha value is -2.40. The molecule has 0 spiro atoms. The number of aliphatic carboxylic acids is 1. The van der Waals surface area contributed by atoms with Gasteiger partial charge in [0.2, 0.25) is 0 Å². The van der Waals surface area contributed by atoms with Crippen LogP contribution in [0.15, 0.2) is 41.6 Å². The number of nitrogens with one attached hydrogen (secondary N) is 1. The molecule has 4 N–H and O–H groups in total. The van der Waals surface area contributed by atoms with E-state index in [0.717, 1.165) is 4.90 Å². The van der Waals surface area contributed by atoms with E-state index in [-0.39, 0.29) is 17.0 Å². The summed E-state index contributed by atoms with van der Waals surface area (Å²) in [5, 5.41) is 30.5. The lowest BCUT2D eigenvalue weighted by atomic mass is 10.0. The summed E-state index contributed by atoms with van der Waals surface area (Å²) in [5.74, 6) is -2.34. The van der Waals surface area contributed by atoms with E-state index in [1.165, 1.54) is 31.4 Å². The van der Waals surface area contributed by atoms with Crippen molar-refractivity contribution in [3.8, 4) is 0 Å². The highest BCUT2D eigenvalue weighted by atomic mass is 32.2. The molecule has 2 aliphatic heterocycles. The topological polar surface area (TPSA) is 130 Å². The van der Waals surface area contributed by atoms with E-state index in [9.17, 15) is 29.7 Å². The Bertz CT molecular complexity index is 838. The van der Waals surface area contributed by atoms with Crippen LogP contribution >= 0.6 is 11.8 Å². The average Bonchev–Trinajstić information content (AvgIpc) is 2.82. The number of hydrogen-bond acceptors (Lipinski definition) is 7. The molecule has 1 unspecified atom stereocenters. The van der Waals surface area contributed by atoms with Gasteiger partial charge in [-0.1, -0.05) is 51.1 Å². The van der Waals surface area contributed by atoms with E-state index >= 15 is 0 Å². The third-order valence-electron chi connectivity index (χ3n) is 5.44. The van der Waals surface area contributed by atoms with Crippen molar-refractivity contribution >= 4 is 29.5 Å². The summed E-state index contributed by atoms with van der Waals surface area (Å²) >= 11 is 1.26. The molecule has 2 amide bonds. The summed E-state index contributed by atoms with van der Waals surface area (Å²) in [6, 6.07) is 7.38. The summed E-state index contributed by atoms with van der Waals surface area (Å²) in [6.07, 6.45) is -1.42. The number of fused-ring (bicyclic) bond motifs is 1. The van der Waals surface area contributed by atoms with Crippen molar-refractivity contribution in [1.29, 1.82) is 0 Å². The molecule has 0 saturated carbocycles. The lowest BCUT2D eigenvalue weighted by molar-refractivity contribution is -0.151. The number of β-lactam (4-membered cyclic amide) rings is 1. The standard InChI is InChI=1S/C16H16N2O6S.C6H15N/c19-6-9-7-25-15-10(14(22)18(15)11(9)16(23)24)17-13(21)12(20)8-4-2-1-3-5-8;1-4-7(5-2)6-3/h1-5,10,12,15,19-20H,6-7H2,(H,17,21)(H,23,24);4-6H2,1-3H3/t10-,12?,15-;/m1./s1. The zero-order valence-electron chi connectivity index (χ0n) is 18.5. The molecule has 0 radical (unpaired) electrons. The van der Waals surface area contributed by atoms with Gasteiger partial charge in [0.05, 0.1) is 6.61 Å². The van der Waals surface area contributed by atoms with E-state index in [1.807, 2.05) is 0 Å². The fourth-order valence-corrected chi connectivity index (χ4v) is 4.83. The highest BCUT2D eigenvalue weighted by Crippen LogP contribution is 2.40. The molecule has 1 aromatic rings. The van der Waals surface area contributed by atoms with E-state index < -0.39 is 41.9 Å². The molecule has 1 saturated heterocycles. The van der Waals surface area contributed by atoms with Crippen molar-refractivity contribution in [2.24, 2.45) is 0 Å². The Morgan fingerprint density at radius 1 is 1.19 bits per heavy atom. The summed E-state index contributed by atoms with van der Waals surface area (Å²) in [4.78, 5) is 39.3. The predicted molar refractivity (Wildman–Crippen MR) is 122 cm³/mol. The zero-order chi connectivity index (χ0) is 23.8. The van der Waals surface area contributed by atoms with Gasteiger partial charge >= 0.3 is 5.97 Å². The van der Waals surface area contributed by atoms with Crippen molar-refractivity contribution in [3.63, 3.8) is 0 Å². The number of carbonyl (C=O) groups is 3. The largest absolute Gasteiger partial charge is 0.477 e. The molecule has 10 heteroatoms. The number of aliphatic hydroxyl groups excluding tert-OH is 2. The molecular formula is C22H31N3O6S. The van der Waals surface area contributed by atoms with Crippen LogP contribution in [0.2, 0.25) is 0 Å². The van der Waals surface area contributed by atoms with E-state index in [2.05, 4.69) is 31.0 Å². The number of hydrogen-bond donors (Lipinski definition) is 4. The SMILES string of the molecule is CCN(CC)CC.O=C(O)C1=C(CO)CS[C@@H]2[C@H](NC(=O)C(O)c3ccccc3)C(=O)N12. The molecule has 2 aliphatic rings.